The number of imidazole rings is 1. The quantitative estimate of drug-likeness (QED) is 0.850. The fraction of sp³-hybridized carbons (Fsp3) is 0.400. The summed E-state index contributed by atoms with van der Waals surface area (Å²) in [5.41, 5.74) is 2.56. The van der Waals surface area contributed by atoms with Crippen LogP contribution in [0.2, 0.25) is 0 Å². The topological polar surface area (TPSA) is 40.7 Å². The molecule has 2 N–H and O–H groups in total. The molecule has 0 saturated carbocycles. The zero-order chi connectivity index (χ0) is 13.7. The van der Waals surface area contributed by atoms with Crippen molar-refractivity contribution < 1.29 is 0 Å². The molecule has 0 spiro atoms. The van der Waals surface area contributed by atoms with Crippen LogP contribution in [0.3, 0.4) is 0 Å². The number of aromatic amines is 1. The van der Waals surface area contributed by atoms with Crippen molar-refractivity contribution >= 4 is 15.9 Å². The zero-order valence-corrected chi connectivity index (χ0v) is 13.0. The second-order valence-corrected chi connectivity index (χ2v) is 5.52. The standard InChI is InChI=1S/C15H20BrN3/c1-3-7-17-13(10-14-18-8-9-19-14)12-6-4-5-11(2)15(12)16/h4-6,8-9,13,17H,3,7,10H2,1-2H3,(H,18,19). The smallest absolute Gasteiger partial charge is 0.107 e. The molecule has 0 aliphatic rings. The van der Waals surface area contributed by atoms with Gasteiger partial charge >= 0.3 is 0 Å². The van der Waals surface area contributed by atoms with Crippen LogP contribution in [0.4, 0.5) is 0 Å². The second-order valence-electron chi connectivity index (χ2n) is 4.72. The fourth-order valence-electron chi connectivity index (χ4n) is 2.15. The van der Waals surface area contributed by atoms with E-state index in [9.17, 15) is 0 Å². The maximum Gasteiger partial charge on any atom is 0.107 e. The van der Waals surface area contributed by atoms with Crippen molar-refractivity contribution in [3.8, 4) is 0 Å². The molecule has 2 rings (SSSR count). The Balaban J connectivity index is 2.23. The monoisotopic (exact) mass is 321 g/mol. The number of aryl methyl sites for hydroxylation is 1. The third kappa shape index (κ3) is 3.67. The Morgan fingerprint density at radius 3 is 2.95 bits per heavy atom. The highest BCUT2D eigenvalue weighted by molar-refractivity contribution is 9.10. The average Bonchev–Trinajstić information content (AvgIpc) is 2.91. The lowest BCUT2D eigenvalue weighted by atomic mass is 10.0. The number of rotatable bonds is 6. The number of nitrogens with one attached hydrogen (secondary N) is 2. The Labute approximate surface area is 123 Å². The van der Waals surface area contributed by atoms with Crippen LogP contribution in [0.1, 0.15) is 36.3 Å². The molecule has 1 aromatic carbocycles. The van der Waals surface area contributed by atoms with E-state index in [4.69, 9.17) is 0 Å². The molecule has 0 aliphatic carbocycles. The van der Waals surface area contributed by atoms with Crippen molar-refractivity contribution in [2.45, 2.75) is 32.7 Å². The molecule has 1 heterocycles. The number of H-pyrrole nitrogens is 1. The van der Waals surface area contributed by atoms with Crippen molar-refractivity contribution in [3.05, 3.63) is 52.0 Å². The summed E-state index contributed by atoms with van der Waals surface area (Å²) >= 11 is 3.71. The van der Waals surface area contributed by atoms with Crippen molar-refractivity contribution in [2.75, 3.05) is 6.54 Å². The summed E-state index contributed by atoms with van der Waals surface area (Å²) in [5, 5.41) is 3.60. The minimum Gasteiger partial charge on any atom is -0.349 e. The number of hydrogen-bond acceptors (Lipinski definition) is 2. The molecule has 2 aromatic rings. The van der Waals surface area contributed by atoms with E-state index in [-0.39, 0.29) is 6.04 Å². The molecule has 4 heteroatoms. The van der Waals surface area contributed by atoms with Crippen LogP contribution in [0, 0.1) is 6.92 Å². The maximum atomic E-state index is 4.33. The van der Waals surface area contributed by atoms with Gasteiger partial charge in [0, 0.05) is 29.3 Å². The molecular weight excluding hydrogens is 302 g/mol. The Hall–Kier alpha value is -1.13. The number of halogens is 1. The summed E-state index contributed by atoms with van der Waals surface area (Å²) in [6.07, 6.45) is 5.67. The molecule has 0 aliphatic heterocycles. The number of benzene rings is 1. The highest BCUT2D eigenvalue weighted by Gasteiger charge is 2.16. The lowest BCUT2D eigenvalue weighted by Crippen LogP contribution is -2.25. The molecular formula is C15H20BrN3. The van der Waals surface area contributed by atoms with Gasteiger partial charge in [0.15, 0.2) is 0 Å². The van der Waals surface area contributed by atoms with Gasteiger partial charge in [-0.15, -0.1) is 0 Å². The molecule has 0 bridgehead atoms. The van der Waals surface area contributed by atoms with Gasteiger partial charge in [-0.05, 0) is 31.0 Å². The van der Waals surface area contributed by atoms with Gasteiger partial charge in [-0.1, -0.05) is 41.1 Å². The van der Waals surface area contributed by atoms with Gasteiger partial charge in [-0.3, -0.25) is 0 Å². The van der Waals surface area contributed by atoms with Gasteiger partial charge in [0.05, 0.1) is 0 Å². The summed E-state index contributed by atoms with van der Waals surface area (Å²) < 4.78 is 1.19. The van der Waals surface area contributed by atoms with Gasteiger partial charge in [-0.2, -0.15) is 0 Å². The maximum absolute atomic E-state index is 4.33. The lowest BCUT2D eigenvalue weighted by Gasteiger charge is -2.20. The van der Waals surface area contributed by atoms with E-state index < -0.39 is 0 Å². The van der Waals surface area contributed by atoms with Gasteiger partial charge < -0.3 is 10.3 Å². The third-order valence-corrected chi connectivity index (χ3v) is 4.27. The van der Waals surface area contributed by atoms with Gasteiger partial charge in [0.25, 0.3) is 0 Å². The summed E-state index contributed by atoms with van der Waals surface area (Å²) in [6, 6.07) is 6.68. The van der Waals surface area contributed by atoms with E-state index in [1.54, 1.807) is 6.20 Å². The first-order chi connectivity index (χ1) is 9.22. The Kier molecular flexibility index (Phi) is 5.16. The summed E-state index contributed by atoms with van der Waals surface area (Å²) in [5.74, 6) is 1.02. The lowest BCUT2D eigenvalue weighted by molar-refractivity contribution is 0.518. The third-order valence-electron chi connectivity index (χ3n) is 3.19. The second kappa shape index (κ2) is 6.87. The van der Waals surface area contributed by atoms with Gasteiger partial charge in [0.2, 0.25) is 0 Å². The van der Waals surface area contributed by atoms with Crippen molar-refractivity contribution in [1.29, 1.82) is 0 Å². The van der Waals surface area contributed by atoms with Crippen LogP contribution in [0.25, 0.3) is 0 Å². The van der Waals surface area contributed by atoms with E-state index in [1.165, 1.54) is 15.6 Å². The average molecular weight is 322 g/mol. The Morgan fingerprint density at radius 1 is 1.42 bits per heavy atom. The number of hydrogen-bond donors (Lipinski definition) is 2. The van der Waals surface area contributed by atoms with Crippen LogP contribution < -0.4 is 5.32 Å². The molecule has 102 valence electrons. The SMILES string of the molecule is CCCNC(Cc1ncc[nH]1)c1cccc(C)c1Br. The van der Waals surface area contributed by atoms with Crippen LogP contribution in [-0.4, -0.2) is 16.5 Å². The Bertz CT molecular complexity index is 508. The van der Waals surface area contributed by atoms with Crippen molar-refractivity contribution in [2.24, 2.45) is 0 Å². The first-order valence-electron chi connectivity index (χ1n) is 6.69. The minimum absolute atomic E-state index is 0.278. The summed E-state index contributed by atoms with van der Waals surface area (Å²) in [4.78, 5) is 7.51. The van der Waals surface area contributed by atoms with E-state index in [2.05, 4.69) is 63.3 Å². The molecule has 1 unspecified atom stereocenters. The fourth-order valence-corrected chi connectivity index (χ4v) is 2.69. The normalized spacial score (nSPS) is 12.6. The molecule has 0 saturated heterocycles. The van der Waals surface area contributed by atoms with Crippen LogP contribution >= 0.6 is 15.9 Å². The highest BCUT2D eigenvalue weighted by atomic mass is 79.9. The predicted octanol–water partition coefficient (Wildman–Crippen LogP) is 3.76. The first-order valence-corrected chi connectivity index (χ1v) is 7.48. The van der Waals surface area contributed by atoms with Gasteiger partial charge in [0.1, 0.15) is 5.82 Å². The molecule has 0 radical (unpaired) electrons. The van der Waals surface area contributed by atoms with Crippen molar-refractivity contribution in [3.63, 3.8) is 0 Å². The summed E-state index contributed by atoms with van der Waals surface area (Å²) in [6.45, 7) is 5.31. The highest BCUT2D eigenvalue weighted by Crippen LogP contribution is 2.28. The van der Waals surface area contributed by atoms with Crippen LogP contribution in [0.5, 0.6) is 0 Å². The van der Waals surface area contributed by atoms with Crippen molar-refractivity contribution in [1.82, 2.24) is 15.3 Å². The number of aromatic nitrogens is 2. The zero-order valence-electron chi connectivity index (χ0n) is 11.4. The molecule has 19 heavy (non-hydrogen) atoms. The van der Waals surface area contributed by atoms with Crippen LogP contribution in [-0.2, 0) is 6.42 Å². The molecule has 0 fully saturated rings. The van der Waals surface area contributed by atoms with Crippen LogP contribution in [0.15, 0.2) is 35.1 Å². The van der Waals surface area contributed by atoms with E-state index in [0.29, 0.717) is 0 Å². The minimum atomic E-state index is 0.278. The largest absolute Gasteiger partial charge is 0.349 e. The first kappa shape index (κ1) is 14.3. The van der Waals surface area contributed by atoms with Gasteiger partial charge in [-0.25, -0.2) is 4.98 Å². The predicted molar refractivity (Wildman–Crippen MR) is 82.2 cm³/mol. The molecule has 1 aromatic heterocycles. The summed E-state index contributed by atoms with van der Waals surface area (Å²) in [7, 11) is 0. The molecule has 0 amide bonds. The van der Waals surface area contributed by atoms with E-state index in [0.717, 1.165) is 25.2 Å². The Morgan fingerprint density at radius 2 is 2.26 bits per heavy atom. The molecule has 3 nitrogen and oxygen atoms in total. The van der Waals surface area contributed by atoms with E-state index >= 15 is 0 Å². The molecule has 1 atom stereocenters. The van der Waals surface area contributed by atoms with E-state index in [1.807, 2.05) is 6.20 Å². The number of nitrogens with zero attached hydrogens (tertiary/aromatic N) is 1.